The largest absolute Gasteiger partial charge is 0.478 e. The summed E-state index contributed by atoms with van der Waals surface area (Å²) >= 11 is 0. The van der Waals surface area contributed by atoms with Crippen LogP contribution in [0.4, 0.5) is 5.69 Å². The first-order chi connectivity index (χ1) is 8.16. The Hall–Kier alpha value is -1.95. The average molecular weight is 231 g/mol. The SMILES string of the molecule is C#CCCCCNc1c(C)cccc1C(=O)O. The predicted molar refractivity (Wildman–Crippen MR) is 69.3 cm³/mol. The molecule has 0 aliphatic carbocycles. The van der Waals surface area contributed by atoms with Crippen LogP contribution in [0.5, 0.6) is 0 Å². The molecule has 0 spiro atoms. The van der Waals surface area contributed by atoms with Crippen molar-refractivity contribution < 1.29 is 9.90 Å². The van der Waals surface area contributed by atoms with Gasteiger partial charge < -0.3 is 10.4 Å². The van der Waals surface area contributed by atoms with Crippen molar-refractivity contribution in [2.24, 2.45) is 0 Å². The van der Waals surface area contributed by atoms with Crippen molar-refractivity contribution >= 4 is 11.7 Å². The number of carboxylic acids is 1. The number of nitrogens with one attached hydrogen (secondary N) is 1. The van der Waals surface area contributed by atoms with Gasteiger partial charge in [0.1, 0.15) is 0 Å². The lowest BCUT2D eigenvalue weighted by Crippen LogP contribution is -2.09. The molecule has 0 heterocycles. The van der Waals surface area contributed by atoms with Gasteiger partial charge in [-0.3, -0.25) is 0 Å². The molecule has 0 atom stereocenters. The molecule has 1 aromatic carbocycles. The molecule has 3 heteroatoms. The van der Waals surface area contributed by atoms with Crippen molar-refractivity contribution in [2.75, 3.05) is 11.9 Å². The fraction of sp³-hybridized carbons (Fsp3) is 0.357. The Morgan fingerprint density at radius 3 is 2.88 bits per heavy atom. The van der Waals surface area contributed by atoms with Crippen molar-refractivity contribution in [1.82, 2.24) is 0 Å². The molecule has 0 saturated heterocycles. The summed E-state index contributed by atoms with van der Waals surface area (Å²) < 4.78 is 0. The van der Waals surface area contributed by atoms with E-state index in [4.69, 9.17) is 11.5 Å². The molecular weight excluding hydrogens is 214 g/mol. The van der Waals surface area contributed by atoms with Gasteiger partial charge >= 0.3 is 5.97 Å². The third kappa shape index (κ3) is 3.84. The van der Waals surface area contributed by atoms with Crippen LogP contribution in [0.15, 0.2) is 18.2 Å². The monoisotopic (exact) mass is 231 g/mol. The van der Waals surface area contributed by atoms with Crippen LogP contribution in [0, 0.1) is 19.3 Å². The fourth-order valence-corrected chi connectivity index (χ4v) is 1.65. The fourth-order valence-electron chi connectivity index (χ4n) is 1.65. The van der Waals surface area contributed by atoms with Gasteiger partial charge in [-0.15, -0.1) is 12.3 Å². The van der Waals surface area contributed by atoms with E-state index in [9.17, 15) is 4.79 Å². The van der Waals surface area contributed by atoms with Gasteiger partial charge in [0, 0.05) is 13.0 Å². The number of aryl methyl sites for hydroxylation is 1. The van der Waals surface area contributed by atoms with Crippen molar-refractivity contribution in [1.29, 1.82) is 0 Å². The van der Waals surface area contributed by atoms with Gasteiger partial charge in [-0.2, -0.15) is 0 Å². The Bertz CT molecular complexity index is 432. The van der Waals surface area contributed by atoms with Crippen molar-refractivity contribution in [3.8, 4) is 12.3 Å². The maximum absolute atomic E-state index is 11.0. The van der Waals surface area contributed by atoms with Gasteiger partial charge in [-0.1, -0.05) is 12.1 Å². The zero-order valence-corrected chi connectivity index (χ0v) is 9.99. The molecule has 1 aromatic rings. The highest BCUT2D eigenvalue weighted by Gasteiger charge is 2.10. The first-order valence-corrected chi connectivity index (χ1v) is 5.67. The van der Waals surface area contributed by atoms with Gasteiger partial charge in [0.2, 0.25) is 0 Å². The number of para-hydroxylation sites is 1. The van der Waals surface area contributed by atoms with E-state index in [2.05, 4.69) is 11.2 Å². The van der Waals surface area contributed by atoms with E-state index >= 15 is 0 Å². The Morgan fingerprint density at radius 2 is 2.24 bits per heavy atom. The van der Waals surface area contributed by atoms with Crippen LogP contribution < -0.4 is 5.32 Å². The van der Waals surface area contributed by atoms with Crippen LogP contribution in [0.3, 0.4) is 0 Å². The molecule has 0 aliphatic heterocycles. The minimum absolute atomic E-state index is 0.321. The quantitative estimate of drug-likeness (QED) is 0.584. The van der Waals surface area contributed by atoms with E-state index in [1.807, 2.05) is 13.0 Å². The molecule has 0 fully saturated rings. The Kier molecular flexibility index (Phi) is 5.09. The minimum Gasteiger partial charge on any atom is -0.478 e. The van der Waals surface area contributed by atoms with Crippen LogP contribution in [-0.4, -0.2) is 17.6 Å². The van der Waals surface area contributed by atoms with E-state index in [1.54, 1.807) is 12.1 Å². The topological polar surface area (TPSA) is 49.3 Å². The zero-order chi connectivity index (χ0) is 12.7. The highest BCUT2D eigenvalue weighted by molar-refractivity contribution is 5.95. The molecule has 0 saturated carbocycles. The number of hydrogen-bond acceptors (Lipinski definition) is 2. The van der Waals surface area contributed by atoms with Crippen LogP contribution in [0.1, 0.15) is 35.2 Å². The van der Waals surface area contributed by atoms with Crippen LogP contribution in [-0.2, 0) is 0 Å². The molecule has 0 aromatic heterocycles. The number of terminal acetylenes is 1. The normalized spacial score (nSPS) is 9.65. The summed E-state index contributed by atoms with van der Waals surface area (Å²) in [6.45, 7) is 2.64. The summed E-state index contributed by atoms with van der Waals surface area (Å²) in [6.07, 6.45) is 7.83. The summed E-state index contributed by atoms with van der Waals surface area (Å²) in [4.78, 5) is 11.0. The Morgan fingerprint density at radius 1 is 1.47 bits per heavy atom. The van der Waals surface area contributed by atoms with Crippen LogP contribution >= 0.6 is 0 Å². The molecule has 2 N–H and O–H groups in total. The Labute approximate surface area is 102 Å². The summed E-state index contributed by atoms with van der Waals surface area (Å²) in [5.74, 6) is 1.68. The number of aromatic carboxylic acids is 1. The highest BCUT2D eigenvalue weighted by Crippen LogP contribution is 2.20. The number of carboxylic acid groups (broad SMARTS) is 1. The van der Waals surface area contributed by atoms with E-state index in [0.29, 0.717) is 11.3 Å². The molecular formula is C14H17NO2. The van der Waals surface area contributed by atoms with Crippen molar-refractivity contribution in [2.45, 2.75) is 26.2 Å². The molecule has 3 nitrogen and oxygen atoms in total. The Balaban J connectivity index is 2.63. The van der Waals surface area contributed by atoms with Crippen molar-refractivity contribution in [3.05, 3.63) is 29.3 Å². The molecule has 0 bridgehead atoms. The third-order valence-corrected chi connectivity index (χ3v) is 2.55. The number of rotatable bonds is 6. The molecule has 0 aliphatic rings. The third-order valence-electron chi connectivity index (χ3n) is 2.55. The maximum Gasteiger partial charge on any atom is 0.337 e. The number of unbranched alkanes of at least 4 members (excludes halogenated alkanes) is 2. The van der Waals surface area contributed by atoms with E-state index in [0.717, 1.165) is 31.4 Å². The first-order valence-electron chi connectivity index (χ1n) is 5.67. The number of carbonyl (C=O) groups is 1. The van der Waals surface area contributed by atoms with E-state index in [1.165, 1.54) is 0 Å². The number of benzene rings is 1. The first kappa shape index (κ1) is 13.1. The molecule has 0 amide bonds. The number of anilines is 1. The lowest BCUT2D eigenvalue weighted by Gasteiger charge is -2.12. The molecule has 0 radical (unpaired) electrons. The minimum atomic E-state index is -0.903. The number of hydrogen-bond donors (Lipinski definition) is 2. The second-order valence-corrected chi connectivity index (χ2v) is 3.89. The average Bonchev–Trinajstić information content (AvgIpc) is 2.30. The summed E-state index contributed by atoms with van der Waals surface area (Å²) in [7, 11) is 0. The zero-order valence-electron chi connectivity index (χ0n) is 9.99. The molecule has 90 valence electrons. The lowest BCUT2D eigenvalue weighted by atomic mass is 10.1. The van der Waals surface area contributed by atoms with Gasteiger partial charge in [0.05, 0.1) is 11.3 Å². The maximum atomic E-state index is 11.0. The van der Waals surface area contributed by atoms with Gasteiger partial charge in [-0.05, 0) is 31.4 Å². The van der Waals surface area contributed by atoms with Gasteiger partial charge in [-0.25, -0.2) is 4.79 Å². The molecule has 0 unspecified atom stereocenters. The highest BCUT2D eigenvalue weighted by atomic mass is 16.4. The second kappa shape index (κ2) is 6.59. The van der Waals surface area contributed by atoms with E-state index < -0.39 is 5.97 Å². The van der Waals surface area contributed by atoms with Gasteiger partial charge in [0.25, 0.3) is 0 Å². The molecule has 17 heavy (non-hydrogen) atoms. The van der Waals surface area contributed by atoms with Crippen LogP contribution in [0.25, 0.3) is 0 Å². The van der Waals surface area contributed by atoms with Crippen LogP contribution in [0.2, 0.25) is 0 Å². The molecule has 1 rings (SSSR count). The smallest absolute Gasteiger partial charge is 0.337 e. The lowest BCUT2D eigenvalue weighted by molar-refractivity contribution is 0.0698. The summed E-state index contributed by atoms with van der Waals surface area (Å²) in [6, 6.07) is 5.26. The standard InChI is InChI=1S/C14H17NO2/c1-3-4-5-6-10-15-13-11(2)8-7-9-12(13)14(16)17/h1,7-9,15H,4-6,10H2,2H3,(H,16,17). The van der Waals surface area contributed by atoms with E-state index in [-0.39, 0.29) is 0 Å². The van der Waals surface area contributed by atoms with Gasteiger partial charge in [0.15, 0.2) is 0 Å². The van der Waals surface area contributed by atoms with Crippen molar-refractivity contribution in [3.63, 3.8) is 0 Å². The predicted octanol–water partition coefficient (Wildman–Crippen LogP) is 2.91. The second-order valence-electron chi connectivity index (χ2n) is 3.89. The summed E-state index contributed by atoms with van der Waals surface area (Å²) in [5.41, 5.74) is 1.98. The summed E-state index contributed by atoms with van der Waals surface area (Å²) in [5, 5.41) is 12.2.